The van der Waals surface area contributed by atoms with Gasteiger partial charge in [0, 0.05) is 23.7 Å². The molecule has 1 aromatic rings. The zero-order valence-electron chi connectivity index (χ0n) is 12.2. The molecule has 5 heteroatoms. The molecule has 0 fully saturated rings. The largest absolute Gasteiger partial charge is 0.483 e. The summed E-state index contributed by atoms with van der Waals surface area (Å²) in [6, 6.07) is 5.35. The zero-order valence-corrected chi connectivity index (χ0v) is 13.0. The average molecular weight is 300 g/mol. The van der Waals surface area contributed by atoms with Gasteiger partial charge in [-0.2, -0.15) is 0 Å². The first kappa shape index (κ1) is 16.8. The van der Waals surface area contributed by atoms with Crippen LogP contribution in [-0.4, -0.2) is 30.8 Å². The van der Waals surface area contributed by atoms with Crippen LogP contribution in [-0.2, 0) is 4.79 Å². The molecule has 0 aliphatic carbocycles. The van der Waals surface area contributed by atoms with Crippen LogP contribution in [0.5, 0.6) is 5.75 Å². The van der Waals surface area contributed by atoms with Crippen molar-refractivity contribution in [3.05, 3.63) is 28.8 Å². The number of hydrogen-bond donors (Lipinski definition) is 2. The first-order chi connectivity index (χ1) is 9.35. The fraction of sp³-hybridized carbons (Fsp3) is 0.533. The maximum atomic E-state index is 11.7. The van der Waals surface area contributed by atoms with Gasteiger partial charge < -0.3 is 15.2 Å². The van der Waals surface area contributed by atoms with E-state index in [0.29, 0.717) is 23.7 Å². The van der Waals surface area contributed by atoms with Crippen LogP contribution < -0.4 is 10.1 Å². The minimum Gasteiger partial charge on any atom is -0.483 e. The van der Waals surface area contributed by atoms with Gasteiger partial charge in [0.2, 0.25) is 0 Å². The Kier molecular flexibility index (Phi) is 6.30. The van der Waals surface area contributed by atoms with Crippen LogP contribution in [0, 0.1) is 12.3 Å². The molecular weight excluding hydrogens is 278 g/mol. The molecule has 0 aromatic heterocycles. The maximum Gasteiger partial charge on any atom is 0.257 e. The number of nitrogens with one attached hydrogen (secondary N) is 1. The summed E-state index contributed by atoms with van der Waals surface area (Å²) in [5.41, 5.74) is 0.693. The van der Waals surface area contributed by atoms with Gasteiger partial charge in [0.15, 0.2) is 6.61 Å². The van der Waals surface area contributed by atoms with E-state index in [1.165, 1.54) is 0 Å². The van der Waals surface area contributed by atoms with Gasteiger partial charge in [-0.15, -0.1) is 0 Å². The molecule has 0 heterocycles. The van der Waals surface area contributed by atoms with E-state index in [9.17, 15) is 4.79 Å². The van der Waals surface area contributed by atoms with Crippen molar-refractivity contribution in [3.63, 3.8) is 0 Å². The van der Waals surface area contributed by atoms with Gasteiger partial charge >= 0.3 is 0 Å². The van der Waals surface area contributed by atoms with E-state index in [4.69, 9.17) is 21.4 Å². The third-order valence-electron chi connectivity index (χ3n) is 3.13. The monoisotopic (exact) mass is 299 g/mol. The fourth-order valence-electron chi connectivity index (χ4n) is 1.67. The normalized spacial score (nSPS) is 11.2. The Labute approximate surface area is 125 Å². The molecule has 4 nitrogen and oxygen atoms in total. The van der Waals surface area contributed by atoms with Crippen molar-refractivity contribution in [3.8, 4) is 5.75 Å². The molecular formula is C15H22ClNO3. The van der Waals surface area contributed by atoms with Gasteiger partial charge in [0.05, 0.1) is 0 Å². The lowest BCUT2D eigenvalue weighted by Crippen LogP contribution is -2.37. The predicted octanol–water partition coefficient (Wildman–Crippen LogP) is 2.55. The third-order valence-corrected chi connectivity index (χ3v) is 3.54. The maximum absolute atomic E-state index is 11.7. The molecule has 1 aromatic carbocycles. The van der Waals surface area contributed by atoms with E-state index in [2.05, 4.69) is 5.32 Å². The molecule has 20 heavy (non-hydrogen) atoms. The molecule has 0 unspecified atom stereocenters. The number of rotatable bonds is 7. The van der Waals surface area contributed by atoms with Crippen LogP contribution >= 0.6 is 11.6 Å². The van der Waals surface area contributed by atoms with Gasteiger partial charge in [-0.05, 0) is 30.9 Å². The average Bonchev–Trinajstić information content (AvgIpc) is 2.38. The molecule has 0 bridgehead atoms. The summed E-state index contributed by atoms with van der Waals surface area (Å²) < 4.78 is 5.46. The molecule has 1 amide bonds. The predicted molar refractivity (Wildman–Crippen MR) is 80.2 cm³/mol. The summed E-state index contributed by atoms with van der Waals surface area (Å²) >= 11 is 5.98. The topological polar surface area (TPSA) is 58.6 Å². The number of halogens is 1. The second-order valence-corrected chi connectivity index (χ2v) is 5.97. The Morgan fingerprint density at radius 3 is 2.80 bits per heavy atom. The van der Waals surface area contributed by atoms with Crippen molar-refractivity contribution in [1.29, 1.82) is 0 Å². The Balaban J connectivity index is 2.42. The number of hydrogen-bond acceptors (Lipinski definition) is 3. The van der Waals surface area contributed by atoms with Crippen LogP contribution in [0.2, 0.25) is 5.02 Å². The Morgan fingerprint density at radius 1 is 1.45 bits per heavy atom. The highest BCUT2D eigenvalue weighted by Gasteiger charge is 2.18. The van der Waals surface area contributed by atoms with E-state index in [1.54, 1.807) is 18.2 Å². The highest BCUT2D eigenvalue weighted by molar-refractivity contribution is 6.31. The van der Waals surface area contributed by atoms with E-state index >= 15 is 0 Å². The smallest absolute Gasteiger partial charge is 0.257 e. The van der Waals surface area contributed by atoms with Crippen LogP contribution in [0.4, 0.5) is 0 Å². The van der Waals surface area contributed by atoms with Gasteiger partial charge in [0.25, 0.3) is 5.91 Å². The summed E-state index contributed by atoms with van der Waals surface area (Å²) in [6.07, 6.45) is 0.640. The highest BCUT2D eigenvalue weighted by atomic mass is 35.5. The number of aliphatic hydroxyl groups excluding tert-OH is 1. The summed E-state index contributed by atoms with van der Waals surface area (Å²) in [5.74, 6) is 0.428. The number of benzene rings is 1. The van der Waals surface area contributed by atoms with Gasteiger partial charge in [0.1, 0.15) is 5.75 Å². The standard InChI is InChI=1S/C15H22ClNO3/c1-11-12(16)5-4-6-13(11)20-9-14(19)17-10-15(2,3)7-8-18/h4-6,18H,7-10H2,1-3H3,(H,17,19). The van der Waals surface area contributed by atoms with Crippen molar-refractivity contribution in [2.24, 2.45) is 5.41 Å². The number of ether oxygens (including phenoxy) is 1. The molecule has 0 aliphatic rings. The van der Waals surface area contributed by atoms with Crippen LogP contribution in [0.3, 0.4) is 0 Å². The Bertz CT molecular complexity index is 460. The zero-order chi connectivity index (χ0) is 15.2. The highest BCUT2D eigenvalue weighted by Crippen LogP contribution is 2.24. The van der Waals surface area contributed by atoms with E-state index in [1.807, 2.05) is 20.8 Å². The Morgan fingerprint density at radius 2 is 2.15 bits per heavy atom. The van der Waals surface area contributed by atoms with Gasteiger partial charge in [-0.25, -0.2) is 0 Å². The Hall–Kier alpha value is -1.26. The van der Waals surface area contributed by atoms with Crippen molar-refractivity contribution in [1.82, 2.24) is 5.32 Å². The lowest BCUT2D eigenvalue weighted by Gasteiger charge is -2.23. The summed E-state index contributed by atoms with van der Waals surface area (Å²) in [6.45, 7) is 6.40. The van der Waals surface area contributed by atoms with E-state index < -0.39 is 0 Å². The summed E-state index contributed by atoms with van der Waals surface area (Å²) in [5, 5.41) is 12.3. The number of carbonyl (C=O) groups excluding carboxylic acids is 1. The molecule has 0 atom stereocenters. The second kappa shape index (κ2) is 7.50. The molecule has 112 valence electrons. The van der Waals surface area contributed by atoms with Crippen LogP contribution in [0.1, 0.15) is 25.8 Å². The summed E-state index contributed by atoms with van der Waals surface area (Å²) in [7, 11) is 0. The first-order valence-corrected chi connectivity index (χ1v) is 6.99. The van der Waals surface area contributed by atoms with Crippen LogP contribution in [0.15, 0.2) is 18.2 Å². The molecule has 0 radical (unpaired) electrons. The minimum atomic E-state index is -0.185. The van der Waals surface area contributed by atoms with E-state index in [-0.39, 0.29) is 24.5 Å². The lowest BCUT2D eigenvalue weighted by atomic mass is 9.90. The number of aliphatic hydroxyl groups is 1. The third kappa shape index (κ3) is 5.39. The fourth-order valence-corrected chi connectivity index (χ4v) is 1.83. The number of amides is 1. The number of carbonyl (C=O) groups is 1. The van der Waals surface area contributed by atoms with Crippen molar-refractivity contribution in [2.45, 2.75) is 27.2 Å². The molecule has 0 saturated carbocycles. The SMILES string of the molecule is Cc1c(Cl)cccc1OCC(=O)NCC(C)(C)CCO. The van der Waals surface area contributed by atoms with Crippen LogP contribution in [0.25, 0.3) is 0 Å². The van der Waals surface area contributed by atoms with E-state index in [0.717, 1.165) is 5.56 Å². The van der Waals surface area contributed by atoms with Gasteiger partial charge in [-0.1, -0.05) is 31.5 Å². The quantitative estimate of drug-likeness (QED) is 0.813. The van der Waals surface area contributed by atoms with Crippen molar-refractivity contribution >= 4 is 17.5 Å². The molecule has 2 N–H and O–H groups in total. The lowest BCUT2D eigenvalue weighted by molar-refractivity contribution is -0.123. The molecule has 0 saturated heterocycles. The first-order valence-electron chi connectivity index (χ1n) is 6.61. The second-order valence-electron chi connectivity index (χ2n) is 5.57. The van der Waals surface area contributed by atoms with Crippen molar-refractivity contribution in [2.75, 3.05) is 19.8 Å². The van der Waals surface area contributed by atoms with Gasteiger partial charge in [-0.3, -0.25) is 4.79 Å². The molecule has 1 rings (SSSR count). The summed E-state index contributed by atoms with van der Waals surface area (Å²) in [4.78, 5) is 11.7. The molecule has 0 aliphatic heterocycles. The minimum absolute atomic E-state index is 0.0453. The molecule has 0 spiro atoms. The van der Waals surface area contributed by atoms with Crippen molar-refractivity contribution < 1.29 is 14.6 Å².